The molecule has 0 bridgehead atoms. The number of hydrogen-bond donors (Lipinski definition) is 1. The summed E-state index contributed by atoms with van der Waals surface area (Å²) in [5.74, 6) is 1.38. The second kappa shape index (κ2) is 5.50. The molecular formula is C12H24N2O. The van der Waals surface area contributed by atoms with E-state index < -0.39 is 0 Å². The van der Waals surface area contributed by atoms with Gasteiger partial charge in [-0.25, -0.2) is 0 Å². The van der Waals surface area contributed by atoms with E-state index in [0.717, 1.165) is 25.4 Å². The van der Waals surface area contributed by atoms with Crippen LogP contribution in [0.3, 0.4) is 0 Å². The van der Waals surface area contributed by atoms with Crippen molar-refractivity contribution in [2.24, 2.45) is 17.6 Å². The number of rotatable bonds is 6. The Morgan fingerprint density at radius 2 is 2.07 bits per heavy atom. The first-order chi connectivity index (χ1) is 7.04. The summed E-state index contributed by atoms with van der Waals surface area (Å²) in [4.78, 5) is 13.9. The quantitative estimate of drug-likeness (QED) is 0.727. The van der Waals surface area contributed by atoms with Gasteiger partial charge in [0.25, 0.3) is 0 Å². The largest absolute Gasteiger partial charge is 0.341 e. The monoisotopic (exact) mass is 212 g/mol. The van der Waals surface area contributed by atoms with Crippen LogP contribution in [-0.4, -0.2) is 29.9 Å². The lowest BCUT2D eigenvalue weighted by Crippen LogP contribution is -2.45. The number of carbonyl (C=O) groups is 1. The first kappa shape index (κ1) is 12.5. The summed E-state index contributed by atoms with van der Waals surface area (Å²) in [5, 5.41) is 0. The zero-order valence-electron chi connectivity index (χ0n) is 10.2. The van der Waals surface area contributed by atoms with Gasteiger partial charge >= 0.3 is 0 Å². The standard InChI is InChI=1S/C12H24N2O/c1-4-14(8-10-5-6-10)12(15)11(13)7-9(2)3/h9-11H,4-8,13H2,1-3H3/t11-/m0/s1. The highest BCUT2D eigenvalue weighted by Crippen LogP contribution is 2.29. The summed E-state index contributed by atoms with van der Waals surface area (Å²) in [6, 6.07) is -0.302. The number of hydrogen-bond acceptors (Lipinski definition) is 2. The second-order valence-electron chi connectivity index (χ2n) is 5.06. The van der Waals surface area contributed by atoms with E-state index >= 15 is 0 Å². The fourth-order valence-corrected chi connectivity index (χ4v) is 1.83. The maximum Gasteiger partial charge on any atom is 0.239 e. The molecule has 1 amide bonds. The average molecular weight is 212 g/mol. The molecule has 0 aromatic carbocycles. The summed E-state index contributed by atoms with van der Waals surface area (Å²) >= 11 is 0. The van der Waals surface area contributed by atoms with Crippen molar-refractivity contribution in [2.45, 2.75) is 46.1 Å². The van der Waals surface area contributed by atoms with Crippen LogP contribution < -0.4 is 5.73 Å². The summed E-state index contributed by atoms with van der Waals surface area (Å²) in [7, 11) is 0. The predicted octanol–water partition coefficient (Wildman–Crippen LogP) is 1.62. The third kappa shape index (κ3) is 4.20. The predicted molar refractivity (Wildman–Crippen MR) is 62.4 cm³/mol. The van der Waals surface area contributed by atoms with Crippen molar-refractivity contribution in [1.82, 2.24) is 4.90 Å². The molecule has 0 spiro atoms. The maximum atomic E-state index is 12.0. The number of carbonyl (C=O) groups excluding carboxylic acids is 1. The Morgan fingerprint density at radius 1 is 1.47 bits per heavy atom. The zero-order chi connectivity index (χ0) is 11.4. The highest BCUT2D eigenvalue weighted by molar-refractivity contribution is 5.81. The minimum atomic E-state index is -0.302. The molecule has 1 aliphatic rings. The van der Waals surface area contributed by atoms with Gasteiger partial charge in [0.05, 0.1) is 6.04 Å². The molecule has 3 heteroatoms. The molecule has 3 nitrogen and oxygen atoms in total. The van der Waals surface area contributed by atoms with Crippen LogP contribution in [0.15, 0.2) is 0 Å². The molecule has 0 aromatic heterocycles. The number of amides is 1. The van der Waals surface area contributed by atoms with Gasteiger partial charge in [-0.1, -0.05) is 13.8 Å². The van der Waals surface area contributed by atoms with Crippen molar-refractivity contribution in [2.75, 3.05) is 13.1 Å². The normalized spacial score (nSPS) is 17.9. The fraction of sp³-hybridized carbons (Fsp3) is 0.917. The molecule has 0 aliphatic heterocycles. The molecule has 15 heavy (non-hydrogen) atoms. The summed E-state index contributed by atoms with van der Waals surface area (Å²) in [5.41, 5.74) is 5.90. The molecule has 1 saturated carbocycles. The van der Waals surface area contributed by atoms with Gasteiger partial charge in [-0.15, -0.1) is 0 Å². The van der Waals surface area contributed by atoms with Gasteiger partial charge in [-0.05, 0) is 38.0 Å². The first-order valence-electron chi connectivity index (χ1n) is 6.09. The van der Waals surface area contributed by atoms with Crippen LogP contribution in [0.25, 0.3) is 0 Å². The summed E-state index contributed by atoms with van der Waals surface area (Å²) in [6.45, 7) is 7.94. The van der Waals surface area contributed by atoms with Crippen LogP contribution >= 0.6 is 0 Å². The van der Waals surface area contributed by atoms with Crippen LogP contribution in [0, 0.1) is 11.8 Å². The molecule has 0 saturated heterocycles. The zero-order valence-corrected chi connectivity index (χ0v) is 10.2. The molecule has 2 N–H and O–H groups in total. The molecule has 0 radical (unpaired) electrons. The van der Waals surface area contributed by atoms with Gasteiger partial charge in [0.2, 0.25) is 5.91 Å². The van der Waals surface area contributed by atoms with Gasteiger partial charge in [-0.2, -0.15) is 0 Å². The number of nitrogens with two attached hydrogens (primary N) is 1. The van der Waals surface area contributed by atoms with E-state index in [2.05, 4.69) is 13.8 Å². The fourth-order valence-electron chi connectivity index (χ4n) is 1.83. The van der Waals surface area contributed by atoms with E-state index in [0.29, 0.717) is 5.92 Å². The Hall–Kier alpha value is -0.570. The van der Waals surface area contributed by atoms with E-state index in [1.54, 1.807) is 0 Å². The third-order valence-electron chi connectivity index (χ3n) is 2.91. The molecule has 1 fully saturated rings. The molecular weight excluding hydrogens is 188 g/mol. The Kier molecular flexibility index (Phi) is 4.58. The van der Waals surface area contributed by atoms with Crippen molar-refractivity contribution in [1.29, 1.82) is 0 Å². The molecule has 0 aromatic rings. The van der Waals surface area contributed by atoms with Crippen LogP contribution in [0.1, 0.15) is 40.0 Å². The van der Waals surface area contributed by atoms with Crippen LogP contribution in [-0.2, 0) is 4.79 Å². The topological polar surface area (TPSA) is 46.3 Å². The van der Waals surface area contributed by atoms with Crippen LogP contribution in [0.4, 0.5) is 0 Å². The minimum Gasteiger partial charge on any atom is -0.341 e. The van der Waals surface area contributed by atoms with Gasteiger partial charge in [0.1, 0.15) is 0 Å². The second-order valence-corrected chi connectivity index (χ2v) is 5.06. The van der Waals surface area contributed by atoms with E-state index in [4.69, 9.17) is 5.73 Å². The van der Waals surface area contributed by atoms with Crippen molar-refractivity contribution in [3.05, 3.63) is 0 Å². The number of likely N-dealkylation sites (N-methyl/N-ethyl adjacent to an activating group) is 1. The molecule has 1 rings (SSSR count). The van der Waals surface area contributed by atoms with Crippen molar-refractivity contribution in [3.63, 3.8) is 0 Å². The van der Waals surface area contributed by atoms with Gasteiger partial charge in [-0.3, -0.25) is 4.79 Å². The van der Waals surface area contributed by atoms with Gasteiger partial charge in [0.15, 0.2) is 0 Å². The smallest absolute Gasteiger partial charge is 0.239 e. The van der Waals surface area contributed by atoms with Gasteiger partial charge in [0, 0.05) is 13.1 Å². The Labute approximate surface area is 93.0 Å². The summed E-state index contributed by atoms with van der Waals surface area (Å²) in [6.07, 6.45) is 3.35. The minimum absolute atomic E-state index is 0.137. The van der Waals surface area contributed by atoms with Crippen LogP contribution in [0.2, 0.25) is 0 Å². The van der Waals surface area contributed by atoms with E-state index in [1.807, 2.05) is 11.8 Å². The summed E-state index contributed by atoms with van der Waals surface area (Å²) < 4.78 is 0. The molecule has 0 heterocycles. The molecule has 0 unspecified atom stereocenters. The third-order valence-corrected chi connectivity index (χ3v) is 2.91. The van der Waals surface area contributed by atoms with Crippen molar-refractivity contribution in [3.8, 4) is 0 Å². The van der Waals surface area contributed by atoms with E-state index in [-0.39, 0.29) is 11.9 Å². The van der Waals surface area contributed by atoms with Gasteiger partial charge < -0.3 is 10.6 Å². The molecule has 1 aliphatic carbocycles. The Bertz CT molecular complexity index is 212. The highest BCUT2D eigenvalue weighted by Gasteiger charge is 2.28. The number of nitrogens with zero attached hydrogens (tertiary/aromatic N) is 1. The Balaban J connectivity index is 2.39. The lowest BCUT2D eigenvalue weighted by Gasteiger charge is -2.25. The maximum absolute atomic E-state index is 12.0. The highest BCUT2D eigenvalue weighted by atomic mass is 16.2. The SMILES string of the molecule is CCN(CC1CC1)C(=O)[C@@H](N)CC(C)C. The Morgan fingerprint density at radius 3 is 2.47 bits per heavy atom. The average Bonchev–Trinajstić information content (AvgIpc) is 2.95. The van der Waals surface area contributed by atoms with Crippen molar-refractivity contribution < 1.29 is 4.79 Å². The molecule has 88 valence electrons. The van der Waals surface area contributed by atoms with E-state index in [9.17, 15) is 4.79 Å². The molecule has 1 atom stereocenters. The van der Waals surface area contributed by atoms with E-state index in [1.165, 1.54) is 12.8 Å². The lowest BCUT2D eigenvalue weighted by molar-refractivity contribution is -0.133. The lowest BCUT2D eigenvalue weighted by atomic mass is 10.0. The van der Waals surface area contributed by atoms with Crippen LogP contribution in [0.5, 0.6) is 0 Å². The van der Waals surface area contributed by atoms with Crippen molar-refractivity contribution >= 4 is 5.91 Å². The first-order valence-corrected chi connectivity index (χ1v) is 6.09.